The van der Waals surface area contributed by atoms with E-state index >= 15 is 0 Å². The summed E-state index contributed by atoms with van der Waals surface area (Å²) in [6, 6.07) is 6.95. The van der Waals surface area contributed by atoms with Crippen molar-refractivity contribution >= 4 is 10.0 Å². The molecule has 144 valence electrons. The number of nitrogens with zero attached hydrogens (tertiary/aromatic N) is 2. The first-order chi connectivity index (χ1) is 12.3. The van der Waals surface area contributed by atoms with E-state index in [1.807, 2.05) is 13.8 Å². The van der Waals surface area contributed by atoms with E-state index in [4.69, 9.17) is 4.74 Å². The quantitative estimate of drug-likeness (QED) is 0.812. The number of fused-ring (bicyclic) bond motifs is 4. The summed E-state index contributed by atoms with van der Waals surface area (Å²) >= 11 is 0. The Hall–Kier alpha value is -1.11. The van der Waals surface area contributed by atoms with Gasteiger partial charge in [0.15, 0.2) is 0 Å². The van der Waals surface area contributed by atoms with Gasteiger partial charge in [-0.05, 0) is 68.7 Å². The molecular weight excluding hydrogens is 348 g/mol. The second-order valence-electron chi connectivity index (χ2n) is 8.37. The number of benzene rings is 1. The third kappa shape index (κ3) is 3.39. The second-order valence-corrected chi connectivity index (χ2v) is 10.3. The standard InChI is InChI=1S/C20H30N2O3S/c1-14(2)25-17-6-7-18-15(11-17)8-10-21-13-16-5-4-9-22(26(3,23)24)19(16)12-20(18)21/h6-7,11,14,16,19-20H,4-5,8-10,12-13H2,1-3H3/t16-,19+,20+/m1/s1. The van der Waals surface area contributed by atoms with Gasteiger partial charge < -0.3 is 4.74 Å². The molecule has 3 atom stereocenters. The normalized spacial score (nSPS) is 29.8. The highest BCUT2D eigenvalue weighted by Crippen LogP contribution is 2.44. The van der Waals surface area contributed by atoms with E-state index in [0.29, 0.717) is 18.5 Å². The first-order valence-electron chi connectivity index (χ1n) is 9.83. The number of hydrogen-bond donors (Lipinski definition) is 0. The molecule has 3 aliphatic rings. The van der Waals surface area contributed by atoms with Crippen LogP contribution < -0.4 is 4.74 Å². The van der Waals surface area contributed by atoms with Gasteiger partial charge in [0.05, 0.1) is 12.4 Å². The van der Waals surface area contributed by atoms with Crippen molar-refractivity contribution in [3.05, 3.63) is 29.3 Å². The lowest BCUT2D eigenvalue weighted by atomic mass is 9.77. The van der Waals surface area contributed by atoms with Crippen LogP contribution in [0.1, 0.15) is 50.3 Å². The third-order valence-electron chi connectivity index (χ3n) is 6.18. The van der Waals surface area contributed by atoms with Crippen molar-refractivity contribution in [2.45, 2.75) is 57.7 Å². The SMILES string of the molecule is CC(C)Oc1ccc2c(c1)CCN1C[C@H]3CCCN(S(C)(=O)=O)[C@H]3C[C@@H]21. The zero-order valence-electron chi connectivity index (χ0n) is 16.0. The Balaban J connectivity index is 1.62. The summed E-state index contributed by atoms with van der Waals surface area (Å²) in [6.07, 6.45) is 5.64. The fraction of sp³-hybridized carbons (Fsp3) is 0.700. The van der Waals surface area contributed by atoms with E-state index in [2.05, 4.69) is 23.1 Å². The van der Waals surface area contributed by atoms with Crippen molar-refractivity contribution in [2.75, 3.05) is 25.9 Å². The number of rotatable bonds is 3. The molecule has 0 bridgehead atoms. The minimum atomic E-state index is -3.14. The largest absolute Gasteiger partial charge is 0.491 e. The molecule has 3 heterocycles. The van der Waals surface area contributed by atoms with E-state index in [1.165, 1.54) is 17.4 Å². The monoisotopic (exact) mass is 378 g/mol. The summed E-state index contributed by atoms with van der Waals surface area (Å²) in [5.41, 5.74) is 2.73. The summed E-state index contributed by atoms with van der Waals surface area (Å²) in [6.45, 7) is 6.85. The van der Waals surface area contributed by atoms with E-state index in [0.717, 1.165) is 44.5 Å². The van der Waals surface area contributed by atoms with Crippen LogP contribution in [-0.4, -0.2) is 55.7 Å². The van der Waals surface area contributed by atoms with Gasteiger partial charge in [0.2, 0.25) is 10.0 Å². The van der Waals surface area contributed by atoms with Crippen molar-refractivity contribution in [1.29, 1.82) is 0 Å². The average molecular weight is 379 g/mol. The predicted octanol–water partition coefficient (Wildman–Crippen LogP) is 2.82. The molecule has 1 aromatic carbocycles. The number of piperidine rings is 2. The molecule has 0 aromatic heterocycles. The Bertz CT molecular complexity index is 777. The first kappa shape index (κ1) is 18.3. The van der Waals surface area contributed by atoms with Crippen molar-refractivity contribution in [1.82, 2.24) is 9.21 Å². The Kier molecular flexibility index (Phi) is 4.78. The van der Waals surface area contributed by atoms with E-state index in [9.17, 15) is 8.42 Å². The minimum Gasteiger partial charge on any atom is -0.491 e. The molecular formula is C20H30N2O3S. The molecule has 6 heteroatoms. The molecule has 4 rings (SSSR count). The van der Waals surface area contributed by atoms with E-state index in [-0.39, 0.29) is 12.1 Å². The number of hydrogen-bond acceptors (Lipinski definition) is 4. The Labute approximate surface area is 157 Å². The molecule has 0 saturated carbocycles. The van der Waals surface area contributed by atoms with Crippen molar-refractivity contribution in [3.63, 3.8) is 0 Å². The van der Waals surface area contributed by atoms with Gasteiger partial charge >= 0.3 is 0 Å². The van der Waals surface area contributed by atoms with Gasteiger partial charge in [-0.3, -0.25) is 4.90 Å². The van der Waals surface area contributed by atoms with Crippen LogP contribution in [-0.2, 0) is 16.4 Å². The van der Waals surface area contributed by atoms with Crippen LogP contribution in [0.25, 0.3) is 0 Å². The summed E-state index contributed by atoms with van der Waals surface area (Å²) in [5, 5.41) is 0. The van der Waals surface area contributed by atoms with Crippen LogP contribution in [0, 0.1) is 5.92 Å². The van der Waals surface area contributed by atoms with Crippen molar-refractivity contribution in [3.8, 4) is 5.75 Å². The zero-order chi connectivity index (χ0) is 18.5. The van der Waals surface area contributed by atoms with Gasteiger partial charge in [-0.25, -0.2) is 8.42 Å². The smallest absolute Gasteiger partial charge is 0.211 e. The van der Waals surface area contributed by atoms with Gasteiger partial charge in [-0.15, -0.1) is 0 Å². The molecule has 0 aliphatic carbocycles. The van der Waals surface area contributed by atoms with Gasteiger partial charge in [0.1, 0.15) is 5.75 Å². The fourth-order valence-corrected chi connectivity index (χ4v) is 6.36. The Morgan fingerprint density at radius 3 is 2.77 bits per heavy atom. The highest BCUT2D eigenvalue weighted by Gasteiger charge is 2.44. The second kappa shape index (κ2) is 6.80. The van der Waals surface area contributed by atoms with Gasteiger partial charge in [0, 0.05) is 31.7 Å². The molecule has 5 nitrogen and oxygen atoms in total. The van der Waals surface area contributed by atoms with E-state index < -0.39 is 10.0 Å². The minimum absolute atomic E-state index is 0.151. The number of sulfonamides is 1. The lowest BCUT2D eigenvalue weighted by Gasteiger charge is -2.51. The molecule has 26 heavy (non-hydrogen) atoms. The van der Waals surface area contributed by atoms with Crippen LogP contribution in [0.4, 0.5) is 0 Å². The molecule has 2 fully saturated rings. The first-order valence-corrected chi connectivity index (χ1v) is 11.7. The van der Waals surface area contributed by atoms with Crippen LogP contribution in [0.15, 0.2) is 18.2 Å². The fourth-order valence-electron chi connectivity index (χ4n) is 5.15. The maximum Gasteiger partial charge on any atom is 0.211 e. The van der Waals surface area contributed by atoms with Crippen LogP contribution >= 0.6 is 0 Å². The third-order valence-corrected chi connectivity index (χ3v) is 7.49. The van der Waals surface area contributed by atoms with E-state index in [1.54, 1.807) is 4.31 Å². The highest BCUT2D eigenvalue weighted by atomic mass is 32.2. The molecule has 3 aliphatic heterocycles. The summed E-state index contributed by atoms with van der Waals surface area (Å²) in [7, 11) is -3.14. The van der Waals surface area contributed by atoms with Crippen molar-refractivity contribution < 1.29 is 13.2 Å². The van der Waals surface area contributed by atoms with Crippen LogP contribution in [0.2, 0.25) is 0 Å². The lowest BCUT2D eigenvalue weighted by Crippen LogP contribution is -2.57. The number of ether oxygens (including phenoxy) is 1. The molecule has 0 amide bonds. The summed E-state index contributed by atoms with van der Waals surface area (Å²) in [5.74, 6) is 1.41. The molecule has 0 unspecified atom stereocenters. The Morgan fingerprint density at radius 2 is 2.04 bits per heavy atom. The molecule has 0 spiro atoms. The molecule has 0 radical (unpaired) electrons. The lowest BCUT2D eigenvalue weighted by molar-refractivity contribution is 0.0222. The van der Waals surface area contributed by atoms with Crippen molar-refractivity contribution in [2.24, 2.45) is 5.92 Å². The topological polar surface area (TPSA) is 49.9 Å². The molecule has 0 N–H and O–H groups in total. The summed E-state index contributed by atoms with van der Waals surface area (Å²) in [4.78, 5) is 2.58. The predicted molar refractivity (Wildman–Crippen MR) is 103 cm³/mol. The molecule has 2 saturated heterocycles. The maximum atomic E-state index is 12.3. The zero-order valence-corrected chi connectivity index (χ0v) is 16.8. The van der Waals surface area contributed by atoms with Gasteiger partial charge in [-0.1, -0.05) is 6.07 Å². The maximum absolute atomic E-state index is 12.3. The van der Waals surface area contributed by atoms with Gasteiger partial charge in [-0.2, -0.15) is 4.31 Å². The average Bonchev–Trinajstić information content (AvgIpc) is 2.57. The van der Waals surface area contributed by atoms with Crippen LogP contribution in [0.3, 0.4) is 0 Å². The highest BCUT2D eigenvalue weighted by molar-refractivity contribution is 7.88. The molecule has 1 aromatic rings. The van der Waals surface area contributed by atoms with Gasteiger partial charge in [0.25, 0.3) is 0 Å². The Morgan fingerprint density at radius 1 is 1.23 bits per heavy atom. The van der Waals surface area contributed by atoms with Crippen LogP contribution in [0.5, 0.6) is 5.75 Å². The summed E-state index contributed by atoms with van der Waals surface area (Å²) < 4.78 is 32.2.